The van der Waals surface area contributed by atoms with Gasteiger partial charge in [0.2, 0.25) is 0 Å². The molecule has 0 aliphatic carbocycles. The molecule has 7 heteroatoms. The number of halogens is 1. The van der Waals surface area contributed by atoms with Crippen LogP contribution in [0.5, 0.6) is 0 Å². The Labute approximate surface area is 196 Å². The molecule has 0 saturated carbocycles. The van der Waals surface area contributed by atoms with Gasteiger partial charge in [0.05, 0.1) is 22.0 Å². The van der Waals surface area contributed by atoms with Gasteiger partial charge in [-0.2, -0.15) is 0 Å². The van der Waals surface area contributed by atoms with Crippen LogP contribution in [-0.2, 0) is 11.3 Å². The SMILES string of the molecule is O=C(O)C1CCCN(Cc2ccc3onc(Nc4cccc(-c5ccccc5)c4Cl)c3c2)C1. The van der Waals surface area contributed by atoms with Crippen molar-refractivity contribution in [2.75, 3.05) is 18.4 Å². The fourth-order valence-electron chi connectivity index (χ4n) is 4.43. The topological polar surface area (TPSA) is 78.6 Å². The van der Waals surface area contributed by atoms with E-state index < -0.39 is 5.97 Å². The number of hydrogen-bond donors (Lipinski definition) is 2. The normalized spacial score (nSPS) is 16.7. The summed E-state index contributed by atoms with van der Waals surface area (Å²) in [5.74, 6) is -0.411. The van der Waals surface area contributed by atoms with Crippen molar-refractivity contribution in [3.05, 3.63) is 77.3 Å². The lowest BCUT2D eigenvalue weighted by Gasteiger charge is -2.30. The third-order valence-electron chi connectivity index (χ3n) is 6.13. The van der Waals surface area contributed by atoms with Crippen molar-refractivity contribution in [2.45, 2.75) is 19.4 Å². The lowest BCUT2D eigenvalue weighted by atomic mass is 9.98. The number of hydrogen-bond acceptors (Lipinski definition) is 5. The second-order valence-electron chi connectivity index (χ2n) is 8.43. The lowest BCUT2D eigenvalue weighted by molar-refractivity contribution is -0.143. The van der Waals surface area contributed by atoms with E-state index >= 15 is 0 Å². The number of piperidine rings is 1. The van der Waals surface area contributed by atoms with Crippen molar-refractivity contribution in [3.63, 3.8) is 0 Å². The van der Waals surface area contributed by atoms with Crippen molar-refractivity contribution >= 4 is 40.0 Å². The average Bonchev–Trinajstić information content (AvgIpc) is 3.23. The molecule has 2 heterocycles. The molecule has 1 aromatic heterocycles. The Kier molecular flexibility index (Phi) is 6.03. The van der Waals surface area contributed by atoms with Gasteiger partial charge in [-0.25, -0.2) is 0 Å². The number of nitrogens with one attached hydrogen (secondary N) is 1. The first-order valence-corrected chi connectivity index (χ1v) is 11.4. The number of carboxylic acid groups (broad SMARTS) is 1. The van der Waals surface area contributed by atoms with Gasteiger partial charge in [-0.05, 0) is 48.7 Å². The second kappa shape index (κ2) is 9.25. The third-order valence-corrected chi connectivity index (χ3v) is 6.54. The van der Waals surface area contributed by atoms with E-state index in [0.717, 1.165) is 47.2 Å². The molecule has 1 unspecified atom stereocenters. The van der Waals surface area contributed by atoms with Gasteiger partial charge in [-0.3, -0.25) is 9.69 Å². The Morgan fingerprint density at radius 3 is 2.82 bits per heavy atom. The zero-order valence-electron chi connectivity index (χ0n) is 18.0. The minimum Gasteiger partial charge on any atom is -0.481 e. The first kappa shape index (κ1) is 21.5. The number of carbonyl (C=O) groups is 1. The molecule has 168 valence electrons. The molecule has 1 saturated heterocycles. The molecule has 1 fully saturated rings. The van der Waals surface area contributed by atoms with Crippen LogP contribution in [0.1, 0.15) is 18.4 Å². The molecule has 0 bridgehead atoms. The van der Waals surface area contributed by atoms with Crippen LogP contribution in [0.3, 0.4) is 0 Å². The van der Waals surface area contributed by atoms with Gasteiger partial charge in [-0.1, -0.05) is 65.3 Å². The van der Waals surface area contributed by atoms with E-state index in [2.05, 4.69) is 15.4 Å². The Hall–Kier alpha value is -3.35. The van der Waals surface area contributed by atoms with E-state index in [0.29, 0.717) is 29.5 Å². The van der Waals surface area contributed by atoms with Gasteiger partial charge >= 0.3 is 5.97 Å². The zero-order valence-corrected chi connectivity index (χ0v) is 18.8. The summed E-state index contributed by atoms with van der Waals surface area (Å²) in [6, 6.07) is 21.8. The Morgan fingerprint density at radius 1 is 1.15 bits per heavy atom. The van der Waals surface area contributed by atoms with E-state index in [-0.39, 0.29) is 5.92 Å². The minimum absolute atomic E-state index is 0.297. The number of carboxylic acids is 1. The van der Waals surface area contributed by atoms with E-state index in [1.807, 2.05) is 66.7 Å². The molecule has 1 aliphatic rings. The van der Waals surface area contributed by atoms with Gasteiger partial charge in [-0.15, -0.1) is 0 Å². The van der Waals surface area contributed by atoms with Crippen LogP contribution in [0.15, 0.2) is 71.3 Å². The molecule has 3 aromatic carbocycles. The highest BCUT2D eigenvalue weighted by Crippen LogP contribution is 2.36. The van der Waals surface area contributed by atoms with Crippen LogP contribution < -0.4 is 5.32 Å². The molecule has 2 N–H and O–H groups in total. The first-order chi connectivity index (χ1) is 16.1. The zero-order chi connectivity index (χ0) is 22.8. The summed E-state index contributed by atoms with van der Waals surface area (Å²) in [7, 11) is 0. The van der Waals surface area contributed by atoms with Crippen LogP contribution in [0, 0.1) is 5.92 Å². The molecule has 6 nitrogen and oxygen atoms in total. The third kappa shape index (κ3) is 4.58. The van der Waals surface area contributed by atoms with Crippen LogP contribution >= 0.6 is 11.6 Å². The van der Waals surface area contributed by atoms with Crippen LogP contribution in [0.2, 0.25) is 5.02 Å². The molecule has 0 amide bonds. The largest absolute Gasteiger partial charge is 0.481 e. The molecule has 1 atom stereocenters. The Morgan fingerprint density at radius 2 is 2.00 bits per heavy atom. The fourth-order valence-corrected chi connectivity index (χ4v) is 4.71. The Balaban J connectivity index is 1.39. The maximum atomic E-state index is 11.4. The van der Waals surface area contributed by atoms with Gasteiger partial charge in [0.25, 0.3) is 0 Å². The lowest BCUT2D eigenvalue weighted by Crippen LogP contribution is -2.38. The van der Waals surface area contributed by atoms with E-state index in [9.17, 15) is 9.90 Å². The van der Waals surface area contributed by atoms with Crippen molar-refractivity contribution in [1.82, 2.24) is 10.1 Å². The number of rotatable bonds is 6. The number of fused-ring (bicyclic) bond motifs is 1. The minimum atomic E-state index is -0.713. The molecular weight excluding hydrogens is 438 g/mol. The number of nitrogens with zero attached hydrogens (tertiary/aromatic N) is 2. The number of anilines is 2. The van der Waals surface area contributed by atoms with E-state index in [1.54, 1.807) is 0 Å². The van der Waals surface area contributed by atoms with E-state index in [1.165, 1.54) is 0 Å². The van der Waals surface area contributed by atoms with Crippen molar-refractivity contribution < 1.29 is 14.4 Å². The Bertz CT molecular complexity index is 1290. The summed E-state index contributed by atoms with van der Waals surface area (Å²) in [6.07, 6.45) is 1.64. The highest BCUT2D eigenvalue weighted by Gasteiger charge is 2.25. The van der Waals surface area contributed by atoms with Crippen LogP contribution in [-0.4, -0.2) is 34.2 Å². The predicted octanol–water partition coefficient (Wildman–Crippen LogP) is 6.19. The number of aliphatic carboxylic acids is 1. The summed E-state index contributed by atoms with van der Waals surface area (Å²) in [5, 5.41) is 18.4. The molecule has 33 heavy (non-hydrogen) atoms. The second-order valence-corrected chi connectivity index (χ2v) is 8.81. The van der Waals surface area contributed by atoms with Crippen molar-refractivity contribution in [3.8, 4) is 11.1 Å². The summed E-state index contributed by atoms with van der Waals surface area (Å²) in [6.45, 7) is 2.16. The highest BCUT2D eigenvalue weighted by molar-refractivity contribution is 6.36. The van der Waals surface area contributed by atoms with Gasteiger partial charge in [0.1, 0.15) is 0 Å². The average molecular weight is 462 g/mol. The van der Waals surface area contributed by atoms with Crippen molar-refractivity contribution in [1.29, 1.82) is 0 Å². The summed E-state index contributed by atoms with van der Waals surface area (Å²) in [4.78, 5) is 13.6. The summed E-state index contributed by atoms with van der Waals surface area (Å²) in [5.41, 5.74) is 4.50. The number of benzene rings is 3. The van der Waals surface area contributed by atoms with E-state index in [4.69, 9.17) is 16.1 Å². The van der Waals surface area contributed by atoms with Gasteiger partial charge in [0.15, 0.2) is 11.4 Å². The maximum Gasteiger partial charge on any atom is 0.307 e. The maximum absolute atomic E-state index is 11.4. The molecule has 5 rings (SSSR count). The van der Waals surface area contributed by atoms with Crippen LogP contribution in [0.25, 0.3) is 22.1 Å². The quantitative estimate of drug-likeness (QED) is 0.356. The monoisotopic (exact) mass is 461 g/mol. The summed E-state index contributed by atoms with van der Waals surface area (Å²) >= 11 is 6.74. The number of likely N-dealkylation sites (tertiary alicyclic amines) is 1. The molecule has 1 aliphatic heterocycles. The molecule has 0 spiro atoms. The van der Waals surface area contributed by atoms with Gasteiger partial charge in [0, 0.05) is 18.7 Å². The van der Waals surface area contributed by atoms with Crippen molar-refractivity contribution in [2.24, 2.45) is 5.92 Å². The van der Waals surface area contributed by atoms with Crippen LogP contribution in [0.4, 0.5) is 11.5 Å². The molecule has 4 aromatic rings. The molecular formula is C26H24ClN3O3. The number of aromatic nitrogens is 1. The standard InChI is InChI=1S/C26H24ClN3O3/c27-24-20(18-6-2-1-3-7-18)9-4-10-22(24)28-25-21-14-17(11-12-23(21)33-29-25)15-30-13-5-8-19(16-30)26(31)32/h1-4,6-7,9-12,14,19H,5,8,13,15-16H2,(H,28,29)(H,31,32). The smallest absolute Gasteiger partial charge is 0.307 e. The summed E-state index contributed by atoms with van der Waals surface area (Å²) < 4.78 is 5.52. The first-order valence-electron chi connectivity index (χ1n) is 11.0. The fraction of sp³-hybridized carbons (Fsp3) is 0.231. The predicted molar refractivity (Wildman–Crippen MR) is 130 cm³/mol. The highest BCUT2D eigenvalue weighted by atomic mass is 35.5. The molecule has 0 radical (unpaired) electrons. The van der Waals surface area contributed by atoms with Gasteiger partial charge < -0.3 is 14.9 Å².